The van der Waals surface area contributed by atoms with Crippen LogP contribution in [-0.2, 0) is 9.53 Å². The van der Waals surface area contributed by atoms with E-state index in [1.807, 2.05) is 0 Å². The van der Waals surface area contributed by atoms with Crippen LogP contribution in [0.5, 0.6) is 0 Å². The average Bonchev–Trinajstić information content (AvgIpc) is 2.13. The molecule has 0 heterocycles. The molecule has 3 heteroatoms. The molecule has 0 aromatic heterocycles. The maximum absolute atomic E-state index is 10.8. The van der Waals surface area contributed by atoms with Gasteiger partial charge in [-0.25, -0.2) is 0 Å². The number of ether oxygens (including phenoxy) is 1. The predicted molar refractivity (Wildman–Crippen MR) is 57.9 cm³/mol. The molecule has 0 N–H and O–H groups in total. The van der Waals surface area contributed by atoms with Crippen LogP contribution in [0.4, 0.5) is 0 Å². The summed E-state index contributed by atoms with van der Waals surface area (Å²) in [5, 5.41) is 0. The zero-order chi connectivity index (χ0) is 10.5. The van der Waals surface area contributed by atoms with Crippen molar-refractivity contribution in [3.05, 3.63) is 0 Å². The summed E-state index contributed by atoms with van der Waals surface area (Å²) in [4.78, 5) is 11.8. The first-order chi connectivity index (χ1) is 5.94. The van der Waals surface area contributed by atoms with Gasteiger partial charge in [0.1, 0.15) is 0 Å². The molecule has 2 nitrogen and oxygen atoms in total. The lowest BCUT2D eigenvalue weighted by Gasteiger charge is -2.23. The van der Waals surface area contributed by atoms with Gasteiger partial charge in [0.05, 0.1) is 13.5 Å². The van der Waals surface area contributed by atoms with Gasteiger partial charge >= 0.3 is 5.97 Å². The van der Waals surface area contributed by atoms with Gasteiger partial charge in [-0.15, -0.1) is 0 Å². The van der Waals surface area contributed by atoms with Crippen molar-refractivity contribution in [1.82, 2.24) is 0 Å². The van der Waals surface area contributed by atoms with Gasteiger partial charge in [0.2, 0.25) is 0 Å². The second-order valence-corrected chi connectivity index (χ2v) is 4.23. The minimum Gasteiger partial charge on any atom is -0.469 e. The summed E-state index contributed by atoms with van der Waals surface area (Å²) in [7, 11) is 1.40. The summed E-state index contributed by atoms with van der Waals surface area (Å²) in [6.07, 6.45) is 2.06. The molecule has 0 aliphatic carbocycles. The third-order valence-electron chi connectivity index (χ3n) is 2.42. The molecule has 0 rings (SSSR count). The molecule has 0 bridgehead atoms. The lowest BCUT2D eigenvalue weighted by atomic mass is 9.84. The number of thiocarbonyl (C=S) groups is 1. The van der Waals surface area contributed by atoms with E-state index in [-0.39, 0.29) is 11.4 Å². The second-order valence-electron chi connectivity index (χ2n) is 3.74. The Morgan fingerprint density at radius 2 is 1.92 bits per heavy atom. The number of carbonyl (C=O) groups is 1. The first kappa shape index (κ1) is 12.6. The molecule has 0 saturated carbocycles. The van der Waals surface area contributed by atoms with Crippen molar-refractivity contribution in [2.75, 3.05) is 7.11 Å². The molecule has 0 radical (unpaired) electrons. The highest BCUT2D eigenvalue weighted by Gasteiger charge is 2.21. The first-order valence-corrected chi connectivity index (χ1v) is 4.95. The fourth-order valence-electron chi connectivity index (χ4n) is 0.853. The van der Waals surface area contributed by atoms with Gasteiger partial charge in [-0.1, -0.05) is 33.0 Å². The largest absolute Gasteiger partial charge is 0.469 e. The van der Waals surface area contributed by atoms with E-state index >= 15 is 0 Å². The van der Waals surface area contributed by atoms with Crippen LogP contribution in [0.1, 0.15) is 40.0 Å². The molecule has 76 valence electrons. The van der Waals surface area contributed by atoms with Crippen molar-refractivity contribution in [1.29, 1.82) is 0 Å². The van der Waals surface area contributed by atoms with Gasteiger partial charge in [0, 0.05) is 0 Å². The van der Waals surface area contributed by atoms with Crippen LogP contribution in [0, 0.1) is 5.41 Å². The predicted octanol–water partition coefficient (Wildman–Crippen LogP) is 2.75. The normalized spacial score (nSPS) is 11.1. The van der Waals surface area contributed by atoms with E-state index < -0.39 is 0 Å². The molecule has 0 unspecified atom stereocenters. The maximum atomic E-state index is 10.8. The summed E-state index contributed by atoms with van der Waals surface area (Å²) in [6.45, 7) is 6.31. The molecule has 0 amide bonds. The van der Waals surface area contributed by atoms with Crippen LogP contribution < -0.4 is 0 Å². The second kappa shape index (κ2) is 5.32. The van der Waals surface area contributed by atoms with E-state index in [4.69, 9.17) is 12.2 Å². The van der Waals surface area contributed by atoms with E-state index in [2.05, 4.69) is 25.5 Å². The van der Waals surface area contributed by atoms with E-state index in [9.17, 15) is 4.79 Å². The Kier molecular flexibility index (Phi) is 5.14. The van der Waals surface area contributed by atoms with Gasteiger partial charge in [-0.05, 0) is 23.1 Å². The Hall–Kier alpha value is -0.440. The Balaban J connectivity index is 3.95. The molecule has 0 aliphatic heterocycles. The maximum Gasteiger partial charge on any atom is 0.305 e. The van der Waals surface area contributed by atoms with Crippen LogP contribution >= 0.6 is 12.2 Å². The number of rotatable bonds is 5. The van der Waals surface area contributed by atoms with Gasteiger partial charge < -0.3 is 4.74 Å². The SMILES string of the molecule is CCC(C)(C)C(=S)CCC(=O)OC. The van der Waals surface area contributed by atoms with Gasteiger partial charge in [0.15, 0.2) is 0 Å². The molecule has 0 aliphatic rings. The number of carbonyl (C=O) groups excluding carboxylic acids is 1. The zero-order valence-electron chi connectivity index (χ0n) is 8.85. The number of hydrogen-bond acceptors (Lipinski definition) is 3. The Morgan fingerprint density at radius 3 is 2.31 bits per heavy atom. The van der Waals surface area contributed by atoms with Crippen molar-refractivity contribution in [2.45, 2.75) is 40.0 Å². The summed E-state index contributed by atoms with van der Waals surface area (Å²) in [5.74, 6) is -0.186. The zero-order valence-corrected chi connectivity index (χ0v) is 9.66. The minimum atomic E-state index is -0.186. The highest BCUT2D eigenvalue weighted by atomic mass is 32.1. The fraction of sp³-hybridized carbons (Fsp3) is 0.800. The van der Waals surface area contributed by atoms with E-state index in [1.165, 1.54) is 7.11 Å². The third kappa shape index (κ3) is 4.36. The van der Waals surface area contributed by atoms with Crippen molar-refractivity contribution in [2.24, 2.45) is 5.41 Å². The summed E-state index contributed by atoms with van der Waals surface area (Å²) < 4.78 is 4.55. The van der Waals surface area contributed by atoms with Crippen LogP contribution in [0.3, 0.4) is 0 Å². The van der Waals surface area contributed by atoms with Crippen molar-refractivity contribution in [3.8, 4) is 0 Å². The minimum absolute atomic E-state index is 0.0589. The van der Waals surface area contributed by atoms with Crippen molar-refractivity contribution in [3.63, 3.8) is 0 Å². The molecule has 0 spiro atoms. The average molecular weight is 202 g/mol. The molecule has 0 saturated heterocycles. The lowest BCUT2D eigenvalue weighted by molar-refractivity contribution is -0.140. The van der Waals surface area contributed by atoms with Crippen molar-refractivity contribution >= 4 is 23.1 Å². The van der Waals surface area contributed by atoms with Crippen LogP contribution in [0.15, 0.2) is 0 Å². The van der Waals surface area contributed by atoms with Crippen LogP contribution in [0.2, 0.25) is 0 Å². The number of esters is 1. The molecule has 0 fully saturated rings. The first-order valence-electron chi connectivity index (χ1n) is 4.54. The Bertz CT molecular complexity index is 197. The van der Waals surface area contributed by atoms with Gasteiger partial charge in [0.25, 0.3) is 0 Å². The van der Waals surface area contributed by atoms with E-state index in [0.29, 0.717) is 12.8 Å². The summed E-state index contributed by atoms with van der Waals surface area (Å²) >= 11 is 5.25. The number of hydrogen-bond donors (Lipinski definition) is 0. The Labute approximate surface area is 85.7 Å². The molecule has 0 aromatic carbocycles. The molecule has 0 aromatic rings. The molecule has 0 atom stereocenters. The monoisotopic (exact) mass is 202 g/mol. The smallest absolute Gasteiger partial charge is 0.305 e. The molecular formula is C10H18O2S. The third-order valence-corrected chi connectivity index (χ3v) is 3.18. The standard InChI is InChI=1S/C10H18O2S/c1-5-10(2,3)8(13)6-7-9(11)12-4/h5-7H2,1-4H3. The van der Waals surface area contributed by atoms with Gasteiger partial charge in [-0.2, -0.15) is 0 Å². The topological polar surface area (TPSA) is 26.3 Å². The summed E-state index contributed by atoms with van der Waals surface area (Å²) in [5.41, 5.74) is 0.0589. The highest BCUT2D eigenvalue weighted by Crippen LogP contribution is 2.24. The molecule has 13 heavy (non-hydrogen) atoms. The van der Waals surface area contributed by atoms with E-state index in [1.54, 1.807) is 0 Å². The van der Waals surface area contributed by atoms with Crippen LogP contribution in [0.25, 0.3) is 0 Å². The molecular weight excluding hydrogens is 184 g/mol. The number of methoxy groups -OCH3 is 1. The Morgan fingerprint density at radius 1 is 1.38 bits per heavy atom. The fourth-order valence-corrected chi connectivity index (χ4v) is 1.10. The summed E-state index contributed by atoms with van der Waals surface area (Å²) in [6, 6.07) is 0. The highest BCUT2D eigenvalue weighted by molar-refractivity contribution is 7.80. The van der Waals surface area contributed by atoms with Crippen molar-refractivity contribution < 1.29 is 9.53 Å². The van der Waals surface area contributed by atoms with Gasteiger partial charge in [-0.3, -0.25) is 4.79 Å². The van der Waals surface area contributed by atoms with E-state index in [0.717, 1.165) is 11.3 Å². The lowest BCUT2D eigenvalue weighted by Crippen LogP contribution is -2.22. The van der Waals surface area contributed by atoms with Crippen LogP contribution in [-0.4, -0.2) is 17.9 Å². The quantitative estimate of drug-likeness (QED) is 0.506.